The molecule has 134 valence electrons. The molecule has 0 bridgehead atoms. The molecule has 0 N–H and O–H groups in total. The van der Waals surface area contributed by atoms with E-state index >= 15 is 0 Å². The third-order valence-corrected chi connectivity index (χ3v) is 5.92. The van der Waals surface area contributed by atoms with E-state index in [9.17, 15) is 12.8 Å². The van der Waals surface area contributed by atoms with E-state index in [1.807, 2.05) is 13.8 Å². The summed E-state index contributed by atoms with van der Waals surface area (Å²) in [4.78, 5) is 2.15. The molecule has 0 heterocycles. The lowest BCUT2D eigenvalue weighted by Crippen LogP contribution is -2.47. The van der Waals surface area contributed by atoms with Crippen molar-refractivity contribution >= 4 is 10.0 Å². The first-order valence-electron chi connectivity index (χ1n) is 8.19. The van der Waals surface area contributed by atoms with Crippen LogP contribution < -0.4 is 0 Å². The van der Waals surface area contributed by atoms with Crippen molar-refractivity contribution in [1.29, 1.82) is 0 Å². The molecule has 0 saturated carbocycles. The zero-order chi connectivity index (χ0) is 17.6. The second-order valence-corrected chi connectivity index (χ2v) is 9.19. The second-order valence-electron chi connectivity index (χ2n) is 7.18. The number of nitrogens with zero attached hydrogens (tertiary/aromatic N) is 2. The van der Waals surface area contributed by atoms with Crippen LogP contribution in [0.5, 0.6) is 0 Å². The van der Waals surface area contributed by atoms with Crippen molar-refractivity contribution < 1.29 is 12.8 Å². The number of alkyl halides is 1. The number of sulfonamides is 1. The van der Waals surface area contributed by atoms with Gasteiger partial charge in [-0.3, -0.25) is 4.90 Å². The van der Waals surface area contributed by atoms with Gasteiger partial charge in [-0.15, -0.1) is 0 Å². The minimum atomic E-state index is -3.22. The van der Waals surface area contributed by atoms with Crippen LogP contribution in [0.2, 0.25) is 0 Å². The fourth-order valence-corrected chi connectivity index (χ4v) is 3.92. The summed E-state index contributed by atoms with van der Waals surface area (Å²) in [5.74, 6) is 0.359. The van der Waals surface area contributed by atoms with E-state index in [2.05, 4.69) is 25.7 Å². The number of hydrogen-bond acceptors (Lipinski definition) is 3. The Hall–Kier alpha value is -0.200. The van der Waals surface area contributed by atoms with Gasteiger partial charge in [0.05, 0.1) is 6.26 Å². The molecule has 0 aromatic carbocycles. The highest BCUT2D eigenvalue weighted by Gasteiger charge is 2.33. The van der Waals surface area contributed by atoms with Gasteiger partial charge in [0.2, 0.25) is 10.0 Å². The van der Waals surface area contributed by atoms with Crippen molar-refractivity contribution in [2.24, 2.45) is 5.92 Å². The lowest BCUT2D eigenvalue weighted by molar-refractivity contribution is 0.133. The summed E-state index contributed by atoms with van der Waals surface area (Å²) >= 11 is 0. The monoisotopic (exact) mass is 338 g/mol. The molecule has 0 aliphatic heterocycles. The molecular weight excluding hydrogens is 303 g/mol. The molecule has 0 aromatic rings. The van der Waals surface area contributed by atoms with Gasteiger partial charge in [-0.2, -0.15) is 4.31 Å². The molecule has 0 spiro atoms. The van der Waals surface area contributed by atoms with Crippen molar-refractivity contribution in [3.8, 4) is 0 Å². The summed E-state index contributed by atoms with van der Waals surface area (Å²) in [5, 5.41) is 0. The van der Waals surface area contributed by atoms with Gasteiger partial charge in [0.25, 0.3) is 0 Å². The van der Waals surface area contributed by atoms with Gasteiger partial charge in [-0.25, -0.2) is 12.8 Å². The topological polar surface area (TPSA) is 40.6 Å². The van der Waals surface area contributed by atoms with Gasteiger partial charge in [0.15, 0.2) is 0 Å². The summed E-state index contributed by atoms with van der Waals surface area (Å²) in [7, 11) is -1.58. The molecular formula is C16H35FN2O2S. The number of rotatable bonds is 11. The van der Waals surface area contributed by atoms with E-state index in [4.69, 9.17) is 0 Å². The molecule has 0 rings (SSSR count). The maximum absolute atomic E-state index is 12.7. The van der Waals surface area contributed by atoms with Gasteiger partial charge < -0.3 is 0 Å². The largest absolute Gasteiger partial charge is 0.298 e. The highest BCUT2D eigenvalue weighted by atomic mass is 32.2. The average molecular weight is 339 g/mol. The summed E-state index contributed by atoms with van der Waals surface area (Å²) in [6.07, 6.45) is 4.09. The first-order valence-corrected chi connectivity index (χ1v) is 10.0. The maximum atomic E-state index is 12.7. The third-order valence-electron chi connectivity index (χ3n) is 4.43. The van der Waals surface area contributed by atoms with Gasteiger partial charge in [0, 0.05) is 31.7 Å². The minimum absolute atomic E-state index is 0.297. The Bertz CT molecular complexity index is 410. The Morgan fingerprint density at radius 1 is 1.23 bits per heavy atom. The fraction of sp³-hybridized carbons (Fsp3) is 1.00. The molecule has 0 aliphatic carbocycles. The van der Waals surface area contributed by atoms with Crippen LogP contribution in [0.1, 0.15) is 53.9 Å². The van der Waals surface area contributed by atoms with Crippen LogP contribution in [-0.2, 0) is 10.0 Å². The van der Waals surface area contributed by atoms with E-state index in [0.29, 0.717) is 18.5 Å². The summed E-state index contributed by atoms with van der Waals surface area (Å²) in [6, 6.07) is 0.297. The quantitative estimate of drug-likeness (QED) is 0.581. The highest BCUT2D eigenvalue weighted by Crippen LogP contribution is 2.28. The van der Waals surface area contributed by atoms with Crippen molar-refractivity contribution in [1.82, 2.24) is 9.21 Å². The first-order chi connectivity index (χ1) is 9.95. The fourth-order valence-electron chi connectivity index (χ4n) is 2.95. The Morgan fingerprint density at radius 3 is 2.14 bits per heavy atom. The predicted octanol–water partition coefficient (Wildman–Crippen LogP) is 3.14. The van der Waals surface area contributed by atoms with Crippen molar-refractivity contribution in [3.63, 3.8) is 0 Å². The molecule has 0 amide bonds. The molecule has 1 unspecified atom stereocenters. The van der Waals surface area contributed by atoms with E-state index in [1.54, 1.807) is 7.05 Å². The third kappa shape index (κ3) is 7.38. The van der Waals surface area contributed by atoms with Gasteiger partial charge in [-0.05, 0) is 46.5 Å². The predicted molar refractivity (Wildman–Crippen MR) is 92.4 cm³/mol. The minimum Gasteiger partial charge on any atom is -0.298 e. The number of hydrogen-bond donors (Lipinski definition) is 0. The van der Waals surface area contributed by atoms with E-state index in [0.717, 1.165) is 25.8 Å². The van der Waals surface area contributed by atoms with Crippen LogP contribution >= 0.6 is 0 Å². The van der Waals surface area contributed by atoms with Crippen LogP contribution in [0.3, 0.4) is 0 Å². The van der Waals surface area contributed by atoms with Crippen molar-refractivity contribution in [2.45, 2.75) is 65.5 Å². The first kappa shape index (κ1) is 21.8. The second kappa shape index (κ2) is 9.18. The maximum Gasteiger partial charge on any atom is 0.211 e. The van der Waals surface area contributed by atoms with Crippen LogP contribution in [0.4, 0.5) is 4.39 Å². The summed E-state index contributed by atoms with van der Waals surface area (Å²) in [6.45, 7) is 11.1. The van der Waals surface area contributed by atoms with E-state index in [-0.39, 0.29) is 6.67 Å². The Balaban J connectivity index is 5.02. The van der Waals surface area contributed by atoms with Crippen LogP contribution in [0.15, 0.2) is 0 Å². The van der Waals surface area contributed by atoms with Crippen molar-refractivity contribution in [3.05, 3.63) is 0 Å². The summed E-state index contributed by atoms with van der Waals surface area (Å²) in [5.41, 5.74) is -0.439. The SMILES string of the molecule is CCCC(CN(CCF)C(C)C)CC(C)(C)N(C)S(C)(=O)=O. The van der Waals surface area contributed by atoms with Crippen LogP contribution in [-0.4, -0.2) is 62.3 Å². The number of halogens is 1. The van der Waals surface area contributed by atoms with Gasteiger partial charge in [0.1, 0.15) is 6.67 Å². The molecule has 0 aromatic heterocycles. The molecule has 22 heavy (non-hydrogen) atoms. The van der Waals surface area contributed by atoms with Gasteiger partial charge >= 0.3 is 0 Å². The van der Waals surface area contributed by atoms with Crippen molar-refractivity contribution in [2.75, 3.05) is 33.1 Å². The molecule has 0 radical (unpaired) electrons. The van der Waals surface area contributed by atoms with E-state index < -0.39 is 15.6 Å². The lowest BCUT2D eigenvalue weighted by atomic mass is 9.87. The Labute approximate surface area is 137 Å². The van der Waals surface area contributed by atoms with Crippen LogP contribution in [0, 0.1) is 5.92 Å². The highest BCUT2D eigenvalue weighted by molar-refractivity contribution is 7.88. The standard InChI is InChI=1S/C16H35FN2O2S/c1-8-9-15(13-19(11-10-17)14(2)3)12-16(4,5)18(6)22(7,20)21/h14-15H,8-13H2,1-7H3. The van der Waals surface area contributed by atoms with Gasteiger partial charge in [-0.1, -0.05) is 13.3 Å². The zero-order valence-electron chi connectivity index (χ0n) is 15.4. The van der Waals surface area contributed by atoms with E-state index in [1.165, 1.54) is 10.6 Å². The smallest absolute Gasteiger partial charge is 0.211 e. The summed E-state index contributed by atoms with van der Waals surface area (Å²) < 4.78 is 37.8. The molecule has 4 nitrogen and oxygen atoms in total. The Kier molecular flexibility index (Phi) is 9.10. The molecule has 6 heteroatoms. The average Bonchev–Trinajstić information content (AvgIpc) is 2.35. The zero-order valence-corrected chi connectivity index (χ0v) is 16.2. The lowest BCUT2D eigenvalue weighted by Gasteiger charge is -2.38. The Morgan fingerprint density at radius 2 is 1.77 bits per heavy atom. The molecule has 0 aliphatic rings. The molecule has 1 atom stereocenters. The molecule has 0 fully saturated rings. The normalized spacial score (nSPS) is 15.0. The molecule has 0 saturated heterocycles. The van der Waals surface area contributed by atoms with Crippen LogP contribution in [0.25, 0.3) is 0 Å².